The topological polar surface area (TPSA) is 180 Å². The first-order chi connectivity index (χ1) is 16.1. The summed E-state index contributed by atoms with van der Waals surface area (Å²) in [6, 6.07) is 5.69. The zero-order chi connectivity index (χ0) is 25.5. The minimum atomic E-state index is -0.981. The van der Waals surface area contributed by atoms with Gasteiger partial charge in [-0.2, -0.15) is 0 Å². The van der Waals surface area contributed by atoms with E-state index in [0.717, 1.165) is 11.8 Å². The monoisotopic (exact) mass is 549 g/mol. The Morgan fingerprint density at radius 3 is 2.62 bits per heavy atom. The maximum atomic E-state index is 12.2. The van der Waals surface area contributed by atoms with Crippen molar-refractivity contribution in [2.75, 3.05) is 24.7 Å². The highest BCUT2D eigenvalue weighted by atomic mass is 32.2. The predicted octanol–water partition coefficient (Wildman–Crippen LogP) is 2.67. The summed E-state index contributed by atoms with van der Waals surface area (Å²) in [5, 5.41) is 17.9. The number of hydrogen-bond donors (Lipinski definition) is 4. The SMILES string of the molecule is CC(=O)NC(CSC(=O)c1cccc(S)c1)C(=O)OCCCCO[N+](=O)[O-].Nc1n[nH]c(=S)s1. The van der Waals surface area contributed by atoms with Crippen LogP contribution in [0.5, 0.6) is 0 Å². The lowest BCUT2D eigenvalue weighted by Crippen LogP contribution is -2.43. The Morgan fingerprint density at radius 2 is 2.09 bits per heavy atom. The molecule has 0 saturated heterocycles. The Bertz CT molecular complexity index is 1030. The van der Waals surface area contributed by atoms with E-state index in [4.69, 9.17) is 10.5 Å². The van der Waals surface area contributed by atoms with Crippen LogP contribution in [0.15, 0.2) is 29.2 Å². The Hall–Kier alpha value is -2.69. The molecule has 0 aliphatic heterocycles. The molecule has 1 aromatic carbocycles. The molecule has 1 amide bonds. The van der Waals surface area contributed by atoms with Gasteiger partial charge in [-0.3, -0.25) is 14.7 Å². The van der Waals surface area contributed by atoms with Gasteiger partial charge in [-0.25, -0.2) is 4.79 Å². The molecule has 1 atom stereocenters. The number of benzene rings is 1. The third-order valence-electron chi connectivity index (χ3n) is 3.56. The Labute approximate surface area is 213 Å². The number of ether oxygens (including phenoxy) is 1. The summed E-state index contributed by atoms with van der Waals surface area (Å²) in [4.78, 5) is 50.4. The number of amides is 1. The minimum absolute atomic E-state index is 0.0124. The van der Waals surface area contributed by atoms with Gasteiger partial charge in [0.05, 0.1) is 13.2 Å². The molecule has 0 fully saturated rings. The molecule has 186 valence electrons. The lowest BCUT2D eigenvalue weighted by Gasteiger charge is -2.16. The summed E-state index contributed by atoms with van der Waals surface area (Å²) in [7, 11) is 0. The van der Waals surface area contributed by atoms with E-state index in [-0.39, 0.29) is 24.1 Å². The first kappa shape index (κ1) is 29.3. The van der Waals surface area contributed by atoms with Crippen LogP contribution in [0.25, 0.3) is 0 Å². The highest BCUT2D eigenvalue weighted by Crippen LogP contribution is 2.17. The molecule has 1 unspecified atom stereocenters. The number of nitrogens with one attached hydrogen (secondary N) is 2. The molecule has 2 aromatic rings. The number of nitrogen functional groups attached to an aromatic ring is 1. The minimum Gasteiger partial charge on any atom is -0.464 e. The van der Waals surface area contributed by atoms with Gasteiger partial charge in [0.15, 0.2) is 3.95 Å². The number of hydrogen-bond acceptors (Lipinski definition) is 13. The van der Waals surface area contributed by atoms with Crippen LogP contribution in [-0.2, 0) is 19.2 Å². The fourth-order valence-corrected chi connectivity index (χ4v) is 3.88. The van der Waals surface area contributed by atoms with Crippen LogP contribution < -0.4 is 11.1 Å². The van der Waals surface area contributed by atoms with Gasteiger partial charge >= 0.3 is 5.97 Å². The van der Waals surface area contributed by atoms with Crippen LogP contribution >= 0.6 is 47.9 Å². The van der Waals surface area contributed by atoms with E-state index in [1.54, 1.807) is 24.3 Å². The predicted molar refractivity (Wildman–Crippen MR) is 133 cm³/mol. The van der Waals surface area contributed by atoms with Crippen LogP contribution in [0, 0.1) is 14.1 Å². The third kappa shape index (κ3) is 13.1. The van der Waals surface area contributed by atoms with Gasteiger partial charge in [0.2, 0.25) is 16.2 Å². The summed E-state index contributed by atoms with van der Waals surface area (Å²) in [5.74, 6) is -1.09. The number of H-pyrrole nitrogens is 1. The Kier molecular flexibility index (Phi) is 13.8. The number of aromatic amines is 1. The number of rotatable bonds is 11. The second kappa shape index (κ2) is 16.0. The normalized spacial score (nSPS) is 10.9. The van der Waals surface area contributed by atoms with Gasteiger partial charge < -0.3 is 20.6 Å². The highest BCUT2D eigenvalue weighted by Gasteiger charge is 2.23. The number of esters is 1. The second-order valence-corrected chi connectivity index (χ2v) is 9.49. The third-order valence-corrected chi connectivity index (χ3v) is 5.75. The molecular weight excluding hydrogens is 526 g/mol. The van der Waals surface area contributed by atoms with E-state index >= 15 is 0 Å². The fourth-order valence-electron chi connectivity index (χ4n) is 2.15. The van der Waals surface area contributed by atoms with Crippen LogP contribution in [0.2, 0.25) is 0 Å². The van der Waals surface area contributed by atoms with E-state index < -0.39 is 23.0 Å². The zero-order valence-corrected chi connectivity index (χ0v) is 21.3. The Morgan fingerprint density at radius 1 is 1.38 bits per heavy atom. The average Bonchev–Trinajstić information content (AvgIpc) is 3.15. The van der Waals surface area contributed by atoms with Crippen molar-refractivity contribution in [2.24, 2.45) is 0 Å². The van der Waals surface area contributed by atoms with Crippen molar-refractivity contribution >= 4 is 70.1 Å². The maximum absolute atomic E-state index is 12.2. The van der Waals surface area contributed by atoms with E-state index in [1.807, 2.05) is 0 Å². The van der Waals surface area contributed by atoms with Crippen molar-refractivity contribution < 1.29 is 29.0 Å². The number of nitrogens with zero attached hydrogens (tertiary/aromatic N) is 2. The zero-order valence-electron chi connectivity index (χ0n) is 17.9. The van der Waals surface area contributed by atoms with Crippen molar-refractivity contribution in [3.05, 3.63) is 43.9 Å². The summed E-state index contributed by atoms with van der Waals surface area (Å²) in [5.41, 5.74) is 5.63. The van der Waals surface area contributed by atoms with Crippen LogP contribution in [0.1, 0.15) is 30.1 Å². The lowest BCUT2D eigenvalue weighted by molar-refractivity contribution is -0.757. The van der Waals surface area contributed by atoms with Gasteiger partial charge in [0.25, 0.3) is 5.09 Å². The first-order valence-corrected chi connectivity index (χ1v) is 12.2. The number of unbranched alkanes of at least 4 members (excludes halogenated alkanes) is 1. The largest absolute Gasteiger partial charge is 0.464 e. The fraction of sp³-hybridized carbons (Fsp3) is 0.389. The molecule has 0 spiro atoms. The maximum Gasteiger partial charge on any atom is 0.329 e. The molecule has 16 heteroatoms. The van der Waals surface area contributed by atoms with Crippen molar-refractivity contribution in [3.63, 3.8) is 0 Å². The number of nitrogens with two attached hydrogens (primary N) is 1. The van der Waals surface area contributed by atoms with E-state index in [9.17, 15) is 24.5 Å². The number of carbonyl (C=O) groups is 3. The molecule has 4 N–H and O–H groups in total. The number of anilines is 1. The van der Waals surface area contributed by atoms with Crippen LogP contribution in [0.3, 0.4) is 0 Å². The summed E-state index contributed by atoms with van der Waals surface area (Å²) >= 11 is 11.0. The molecule has 1 heterocycles. The average molecular weight is 550 g/mol. The van der Waals surface area contributed by atoms with Gasteiger partial charge in [-0.05, 0) is 37.2 Å². The summed E-state index contributed by atoms with van der Waals surface area (Å²) in [6.45, 7) is 1.19. The van der Waals surface area contributed by atoms with Gasteiger partial charge in [-0.15, -0.1) is 27.8 Å². The van der Waals surface area contributed by atoms with Gasteiger partial charge in [0.1, 0.15) is 6.04 Å². The molecule has 2 rings (SSSR count). The lowest BCUT2D eigenvalue weighted by atomic mass is 10.2. The molecule has 12 nitrogen and oxygen atoms in total. The first-order valence-electron chi connectivity index (χ1n) is 9.56. The summed E-state index contributed by atoms with van der Waals surface area (Å²) < 4.78 is 5.68. The molecule has 0 radical (unpaired) electrons. The van der Waals surface area contributed by atoms with Crippen LogP contribution in [0.4, 0.5) is 5.13 Å². The van der Waals surface area contributed by atoms with Gasteiger partial charge in [0, 0.05) is 23.1 Å². The van der Waals surface area contributed by atoms with E-state index in [0.29, 0.717) is 32.4 Å². The molecule has 0 aliphatic rings. The van der Waals surface area contributed by atoms with Crippen LogP contribution in [-0.4, -0.2) is 57.3 Å². The standard InChI is InChI=1S/C16H20N2O7S2.C2H3N3S2/c1-11(19)17-14(15(20)24-7-2-3-8-25-18(22)23)10-27-16(21)12-5-4-6-13(26)9-12;3-1-4-5-2(6)7-1/h4-6,9,14,26H,2-3,7-8,10H2,1H3,(H,17,19);(H2,3,4)(H,5,6). The molecule has 0 bridgehead atoms. The second-order valence-electron chi connectivity index (χ2n) is 6.28. The molecule has 1 aromatic heterocycles. The number of carbonyl (C=O) groups excluding carboxylic acids is 3. The molecule has 34 heavy (non-hydrogen) atoms. The molecule has 0 saturated carbocycles. The molecule has 0 aliphatic carbocycles. The Balaban J connectivity index is 0.000000700. The summed E-state index contributed by atoms with van der Waals surface area (Å²) in [6.07, 6.45) is 0.708. The van der Waals surface area contributed by atoms with E-state index in [2.05, 4.69) is 45.2 Å². The smallest absolute Gasteiger partial charge is 0.329 e. The van der Waals surface area contributed by atoms with Crippen molar-refractivity contribution in [3.8, 4) is 0 Å². The van der Waals surface area contributed by atoms with Crippen molar-refractivity contribution in [1.82, 2.24) is 15.5 Å². The molecular formula is C18H23N5O7S4. The number of thiol groups is 1. The van der Waals surface area contributed by atoms with E-state index in [1.165, 1.54) is 18.3 Å². The number of aromatic nitrogens is 2. The number of thioether (sulfide) groups is 1. The quantitative estimate of drug-likeness (QED) is 0.0808. The van der Waals surface area contributed by atoms with Crippen molar-refractivity contribution in [1.29, 1.82) is 0 Å². The highest BCUT2D eigenvalue weighted by molar-refractivity contribution is 8.14. The van der Waals surface area contributed by atoms with Gasteiger partial charge in [-0.1, -0.05) is 35.2 Å². The van der Waals surface area contributed by atoms with Crippen molar-refractivity contribution in [2.45, 2.75) is 30.7 Å².